The largest absolute Gasteiger partial charge is 0.489 e. The summed E-state index contributed by atoms with van der Waals surface area (Å²) in [5.74, 6) is 0.706. The molecule has 0 aliphatic heterocycles. The molecule has 0 bridgehead atoms. The first-order valence-corrected chi connectivity index (χ1v) is 6.76. The molecule has 2 aromatic rings. The van der Waals surface area contributed by atoms with Crippen molar-refractivity contribution in [3.8, 4) is 5.75 Å². The Balaban J connectivity index is 1.90. The normalized spacial score (nSPS) is 10.8. The average Bonchev–Trinajstić information content (AvgIpc) is 2.55. The van der Waals surface area contributed by atoms with Crippen LogP contribution in [-0.2, 0) is 6.61 Å². The number of aliphatic hydroxyl groups is 1. The molecule has 0 aliphatic carbocycles. The van der Waals surface area contributed by atoms with Crippen LogP contribution >= 0.6 is 0 Å². The molecule has 1 N–H and O–H groups in total. The molecule has 0 radical (unpaired) electrons. The van der Waals surface area contributed by atoms with E-state index in [2.05, 4.69) is 4.99 Å². The Morgan fingerprint density at radius 1 is 1.14 bits per heavy atom. The van der Waals surface area contributed by atoms with Crippen LogP contribution in [0.2, 0.25) is 0 Å². The molecule has 0 unspecified atom stereocenters. The van der Waals surface area contributed by atoms with Crippen molar-refractivity contribution >= 4 is 11.9 Å². The van der Waals surface area contributed by atoms with Gasteiger partial charge in [0.2, 0.25) is 0 Å². The Hall–Kier alpha value is -2.73. The Kier molecular flexibility index (Phi) is 5.62. The Morgan fingerprint density at radius 2 is 1.82 bits per heavy atom. The highest BCUT2D eigenvalue weighted by molar-refractivity contribution is 5.79. The van der Waals surface area contributed by atoms with Crippen LogP contribution in [0.3, 0.4) is 0 Å². The summed E-state index contributed by atoms with van der Waals surface area (Å²) >= 11 is 0. The monoisotopic (exact) mass is 300 g/mol. The van der Waals surface area contributed by atoms with Gasteiger partial charge in [0.25, 0.3) is 5.69 Å². The van der Waals surface area contributed by atoms with Gasteiger partial charge in [-0.15, -0.1) is 0 Å². The summed E-state index contributed by atoms with van der Waals surface area (Å²) < 4.78 is 5.62. The molecule has 0 saturated carbocycles. The van der Waals surface area contributed by atoms with Gasteiger partial charge in [-0.3, -0.25) is 15.1 Å². The fraction of sp³-hybridized carbons (Fsp3) is 0.188. The van der Waals surface area contributed by atoms with Crippen molar-refractivity contribution in [1.82, 2.24) is 0 Å². The SMILES string of the molecule is O=[N+]([O-])c1ccc(COc2ccc(C=NCCO)cc2)cc1. The third-order valence-corrected chi connectivity index (χ3v) is 2.90. The van der Waals surface area contributed by atoms with Crippen LogP contribution in [-0.4, -0.2) is 29.4 Å². The first-order valence-electron chi connectivity index (χ1n) is 6.76. The summed E-state index contributed by atoms with van der Waals surface area (Å²) in [6.07, 6.45) is 1.69. The van der Waals surface area contributed by atoms with Crippen molar-refractivity contribution < 1.29 is 14.8 Å². The third-order valence-electron chi connectivity index (χ3n) is 2.90. The zero-order valence-corrected chi connectivity index (χ0v) is 11.9. The minimum Gasteiger partial charge on any atom is -0.489 e. The van der Waals surface area contributed by atoms with E-state index in [0.717, 1.165) is 11.1 Å². The van der Waals surface area contributed by atoms with Gasteiger partial charge < -0.3 is 9.84 Å². The number of ether oxygens (including phenoxy) is 1. The van der Waals surface area contributed by atoms with E-state index in [1.54, 1.807) is 18.3 Å². The number of hydrogen-bond donors (Lipinski definition) is 1. The summed E-state index contributed by atoms with van der Waals surface area (Å²) in [6.45, 7) is 0.765. The summed E-state index contributed by atoms with van der Waals surface area (Å²) in [7, 11) is 0. The number of benzene rings is 2. The van der Waals surface area contributed by atoms with Gasteiger partial charge in [-0.25, -0.2) is 0 Å². The number of hydrogen-bond acceptors (Lipinski definition) is 5. The number of nitro benzene ring substituents is 1. The standard InChI is InChI=1S/C16H16N2O4/c19-10-9-17-11-13-3-7-16(8-4-13)22-12-14-1-5-15(6-2-14)18(20)21/h1-8,11,19H,9-10,12H2. The highest BCUT2D eigenvalue weighted by atomic mass is 16.6. The summed E-state index contributed by atoms with van der Waals surface area (Å²) in [6, 6.07) is 13.6. The smallest absolute Gasteiger partial charge is 0.269 e. The van der Waals surface area contributed by atoms with Crippen LogP contribution in [0.4, 0.5) is 5.69 Å². The first-order chi connectivity index (χ1) is 10.7. The molecule has 22 heavy (non-hydrogen) atoms. The molecular weight excluding hydrogens is 284 g/mol. The van der Waals surface area contributed by atoms with Gasteiger partial charge in [-0.1, -0.05) is 0 Å². The van der Waals surface area contributed by atoms with E-state index >= 15 is 0 Å². The highest BCUT2D eigenvalue weighted by Crippen LogP contribution is 2.16. The van der Waals surface area contributed by atoms with E-state index in [9.17, 15) is 10.1 Å². The molecule has 6 heteroatoms. The predicted molar refractivity (Wildman–Crippen MR) is 83.4 cm³/mol. The van der Waals surface area contributed by atoms with E-state index < -0.39 is 4.92 Å². The van der Waals surface area contributed by atoms with Crippen molar-refractivity contribution in [2.75, 3.05) is 13.2 Å². The highest BCUT2D eigenvalue weighted by Gasteiger charge is 2.04. The van der Waals surface area contributed by atoms with Crippen LogP contribution in [0.15, 0.2) is 53.5 Å². The lowest BCUT2D eigenvalue weighted by Crippen LogP contribution is -1.96. The Morgan fingerprint density at radius 3 is 2.41 bits per heavy atom. The van der Waals surface area contributed by atoms with E-state index in [0.29, 0.717) is 18.9 Å². The summed E-state index contributed by atoms with van der Waals surface area (Å²) in [5, 5.41) is 19.2. The maximum atomic E-state index is 10.6. The third kappa shape index (κ3) is 4.68. The molecular formula is C16H16N2O4. The second-order valence-corrected chi connectivity index (χ2v) is 4.54. The zero-order chi connectivity index (χ0) is 15.8. The maximum absolute atomic E-state index is 10.6. The van der Waals surface area contributed by atoms with Crippen LogP contribution in [0, 0.1) is 10.1 Å². The first kappa shape index (κ1) is 15.7. The lowest BCUT2D eigenvalue weighted by Gasteiger charge is -2.06. The van der Waals surface area contributed by atoms with Crippen LogP contribution in [0.25, 0.3) is 0 Å². The minimum atomic E-state index is -0.429. The Bertz CT molecular complexity index is 636. The van der Waals surface area contributed by atoms with Gasteiger partial charge in [0.05, 0.1) is 18.1 Å². The second-order valence-electron chi connectivity index (χ2n) is 4.54. The van der Waals surface area contributed by atoms with Gasteiger partial charge in [-0.05, 0) is 47.5 Å². The van der Waals surface area contributed by atoms with Crippen LogP contribution < -0.4 is 4.74 Å². The lowest BCUT2D eigenvalue weighted by molar-refractivity contribution is -0.384. The van der Waals surface area contributed by atoms with Gasteiger partial charge in [0, 0.05) is 18.3 Å². The molecule has 0 amide bonds. The molecule has 6 nitrogen and oxygen atoms in total. The average molecular weight is 300 g/mol. The van der Waals surface area contributed by atoms with E-state index in [1.165, 1.54) is 12.1 Å². The topological polar surface area (TPSA) is 85.0 Å². The van der Waals surface area contributed by atoms with Crippen molar-refractivity contribution in [2.45, 2.75) is 6.61 Å². The van der Waals surface area contributed by atoms with Crippen molar-refractivity contribution in [2.24, 2.45) is 4.99 Å². The molecule has 2 rings (SSSR count). The molecule has 0 aromatic heterocycles. The van der Waals surface area contributed by atoms with Gasteiger partial charge >= 0.3 is 0 Å². The number of aliphatic hydroxyl groups excluding tert-OH is 1. The minimum absolute atomic E-state index is 0.0347. The second kappa shape index (κ2) is 7.90. The van der Waals surface area contributed by atoms with Crippen molar-refractivity contribution in [1.29, 1.82) is 0 Å². The molecule has 0 heterocycles. The number of non-ortho nitro benzene ring substituents is 1. The van der Waals surface area contributed by atoms with E-state index in [4.69, 9.17) is 9.84 Å². The number of rotatable bonds is 7. The summed E-state index contributed by atoms with van der Waals surface area (Å²) in [4.78, 5) is 14.2. The Labute approximate surface area is 127 Å². The molecule has 114 valence electrons. The number of nitro groups is 1. The molecule has 0 aliphatic rings. The lowest BCUT2D eigenvalue weighted by atomic mass is 10.2. The fourth-order valence-electron chi connectivity index (χ4n) is 1.76. The summed E-state index contributed by atoms with van der Waals surface area (Å²) in [5.41, 5.74) is 1.85. The van der Waals surface area contributed by atoms with E-state index in [1.807, 2.05) is 24.3 Å². The molecule has 0 spiro atoms. The molecule has 0 saturated heterocycles. The molecule has 0 atom stereocenters. The molecule has 0 fully saturated rings. The maximum Gasteiger partial charge on any atom is 0.269 e. The fourth-order valence-corrected chi connectivity index (χ4v) is 1.76. The van der Waals surface area contributed by atoms with Gasteiger partial charge in [0.15, 0.2) is 0 Å². The van der Waals surface area contributed by atoms with Crippen LogP contribution in [0.5, 0.6) is 5.75 Å². The number of aliphatic imine (C=N–C) groups is 1. The van der Waals surface area contributed by atoms with E-state index in [-0.39, 0.29) is 12.3 Å². The van der Waals surface area contributed by atoms with Crippen molar-refractivity contribution in [3.63, 3.8) is 0 Å². The van der Waals surface area contributed by atoms with Gasteiger partial charge in [-0.2, -0.15) is 0 Å². The van der Waals surface area contributed by atoms with Crippen LogP contribution in [0.1, 0.15) is 11.1 Å². The number of nitrogens with zero attached hydrogens (tertiary/aromatic N) is 2. The van der Waals surface area contributed by atoms with Crippen molar-refractivity contribution in [3.05, 3.63) is 69.8 Å². The zero-order valence-electron chi connectivity index (χ0n) is 11.9. The van der Waals surface area contributed by atoms with Gasteiger partial charge in [0.1, 0.15) is 12.4 Å². The quantitative estimate of drug-likeness (QED) is 0.484. The predicted octanol–water partition coefficient (Wildman–Crippen LogP) is 2.59. The molecule has 2 aromatic carbocycles.